The molecule has 0 aromatic heterocycles. The number of nitrogens with zero attached hydrogens (tertiary/aromatic N) is 1. The van der Waals surface area contributed by atoms with Crippen molar-refractivity contribution in [2.45, 2.75) is 18.2 Å². The van der Waals surface area contributed by atoms with Gasteiger partial charge in [0, 0.05) is 31.3 Å². The van der Waals surface area contributed by atoms with E-state index in [1.165, 1.54) is 0 Å². The predicted molar refractivity (Wildman–Crippen MR) is 80.4 cm³/mol. The molecule has 2 N–H and O–H groups in total. The summed E-state index contributed by atoms with van der Waals surface area (Å²) in [5.74, 6) is 0.563. The summed E-state index contributed by atoms with van der Waals surface area (Å²) in [6, 6.07) is 5.66. The maximum atomic E-state index is 11.6. The lowest BCUT2D eigenvalue weighted by Crippen LogP contribution is -2.28. The second-order valence-corrected chi connectivity index (χ2v) is 6.58. The van der Waals surface area contributed by atoms with Crippen LogP contribution < -0.4 is 14.8 Å². The monoisotopic (exact) mass is 298 g/mol. The lowest BCUT2D eigenvalue weighted by Gasteiger charge is -2.25. The topological polar surface area (TPSA) is 64.8 Å². The van der Waals surface area contributed by atoms with Crippen LogP contribution in [0.2, 0.25) is 0 Å². The second-order valence-electron chi connectivity index (χ2n) is 5.55. The Labute approximate surface area is 122 Å². The molecule has 5 nitrogen and oxygen atoms in total. The highest BCUT2D eigenvalue weighted by Gasteiger charge is 2.34. The van der Waals surface area contributed by atoms with Gasteiger partial charge < -0.3 is 14.4 Å². The van der Waals surface area contributed by atoms with Gasteiger partial charge in [-0.05, 0) is 24.6 Å². The molecule has 1 saturated heterocycles. The van der Waals surface area contributed by atoms with E-state index in [0.29, 0.717) is 10.6 Å². The highest BCUT2D eigenvalue weighted by atomic mass is 32.2. The number of anilines is 1. The first kappa shape index (κ1) is 15.3. The third-order valence-corrected chi connectivity index (χ3v) is 4.53. The van der Waals surface area contributed by atoms with Crippen molar-refractivity contribution in [2.24, 2.45) is 10.6 Å². The molecule has 1 aliphatic rings. The summed E-state index contributed by atoms with van der Waals surface area (Å²) in [6.45, 7) is 4.85. The number of rotatable bonds is 5. The minimum Gasteiger partial charge on any atom is -0.495 e. The van der Waals surface area contributed by atoms with Crippen molar-refractivity contribution in [3.05, 3.63) is 18.2 Å². The van der Waals surface area contributed by atoms with Gasteiger partial charge >= 0.3 is 0 Å². The number of hydrogen-bond acceptors (Lipinski definition) is 4. The second kappa shape index (κ2) is 6.11. The summed E-state index contributed by atoms with van der Waals surface area (Å²) >= 11 is 0. The van der Waals surface area contributed by atoms with E-state index in [-0.39, 0.29) is 5.41 Å². The van der Waals surface area contributed by atoms with Gasteiger partial charge in [-0.15, -0.1) is 0 Å². The van der Waals surface area contributed by atoms with E-state index in [1.54, 1.807) is 14.2 Å². The van der Waals surface area contributed by atoms with Gasteiger partial charge in [0.1, 0.15) is 16.7 Å². The standard InChI is InChI=1S/C14H22N2O3S/c1-14(10-18-2)6-7-16(9-14)11-4-5-12(19-3)13(8-11)20(15)17/h4-5,8H,6-7,9-10,15H2,1-3H3. The Morgan fingerprint density at radius 3 is 2.80 bits per heavy atom. The molecule has 1 heterocycles. The Hall–Kier alpha value is -1.11. The molecular weight excluding hydrogens is 276 g/mol. The Kier molecular flexibility index (Phi) is 4.67. The van der Waals surface area contributed by atoms with Crippen molar-refractivity contribution in [2.75, 3.05) is 38.8 Å². The van der Waals surface area contributed by atoms with Crippen LogP contribution in [0.25, 0.3) is 0 Å². The average Bonchev–Trinajstić information content (AvgIpc) is 2.80. The van der Waals surface area contributed by atoms with Gasteiger partial charge in [0.25, 0.3) is 0 Å². The number of hydrogen-bond donors (Lipinski definition) is 1. The van der Waals surface area contributed by atoms with Crippen LogP contribution in [0.5, 0.6) is 5.75 Å². The predicted octanol–water partition coefficient (Wildman–Crippen LogP) is 1.54. The van der Waals surface area contributed by atoms with Crippen molar-refractivity contribution in [3.63, 3.8) is 0 Å². The number of methoxy groups -OCH3 is 2. The van der Waals surface area contributed by atoms with E-state index in [1.807, 2.05) is 18.2 Å². The number of ether oxygens (including phenoxy) is 2. The first-order chi connectivity index (χ1) is 9.49. The molecule has 0 saturated carbocycles. The lowest BCUT2D eigenvalue weighted by molar-refractivity contribution is 0.106. The van der Waals surface area contributed by atoms with Crippen LogP contribution >= 0.6 is 0 Å². The van der Waals surface area contributed by atoms with Crippen molar-refractivity contribution in [1.29, 1.82) is 0 Å². The molecule has 0 amide bonds. The molecule has 2 rings (SSSR count). The first-order valence-corrected chi connectivity index (χ1v) is 7.78. The minimum absolute atomic E-state index is 0.163. The molecule has 0 spiro atoms. The fraction of sp³-hybridized carbons (Fsp3) is 0.571. The van der Waals surface area contributed by atoms with Gasteiger partial charge in [0.15, 0.2) is 0 Å². The minimum atomic E-state index is -1.55. The third kappa shape index (κ3) is 3.13. The Bertz CT molecular complexity index is 509. The van der Waals surface area contributed by atoms with Crippen LogP contribution in [-0.4, -0.2) is 38.1 Å². The molecular formula is C14H22N2O3S. The smallest absolute Gasteiger partial charge is 0.136 e. The van der Waals surface area contributed by atoms with Gasteiger partial charge in [-0.1, -0.05) is 6.92 Å². The van der Waals surface area contributed by atoms with Crippen molar-refractivity contribution in [1.82, 2.24) is 0 Å². The highest BCUT2D eigenvalue weighted by molar-refractivity contribution is 7.82. The van der Waals surface area contributed by atoms with Gasteiger partial charge in [0.2, 0.25) is 0 Å². The van der Waals surface area contributed by atoms with E-state index >= 15 is 0 Å². The summed E-state index contributed by atoms with van der Waals surface area (Å²) in [4.78, 5) is 2.81. The Morgan fingerprint density at radius 1 is 1.45 bits per heavy atom. The van der Waals surface area contributed by atoms with Crippen LogP contribution in [0.3, 0.4) is 0 Å². The van der Waals surface area contributed by atoms with Crippen molar-refractivity contribution >= 4 is 16.7 Å². The molecule has 112 valence electrons. The maximum absolute atomic E-state index is 11.6. The molecule has 2 unspecified atom stereocenters. The molecule has 1 aliphatic heterocycles. The van der Waals surface area contributed by atoms with E-state index in [2.05, 4.69) is 11.8 Å². The zero-order chi connectivity index (χ0) is 14.8. The van der Waals surface area contributed by atoms with E-state index < -0.39 is 11.0 Å². The zero-order valence-corrected chi connectivity index (χ0v) is 13.0. The molecule has 6 heteroatoms. The Balaban J connectivity index is 2.22. The van der Waals surface area contributed by atoms with Gasteiger partial charge in [-0.25, -0.2) is 9.35 Å². The molecule has 0 bridgehead atoms. The number of benzene rings is 1. The van der Waals surface area contributed by atoms with Crippen molar-refractivity contribution in [3.8, 4) is 5.75 Å². The summed E-state index contributed by atoms with van der Waals surface area (Å²) < 4.78 is 22.1. The normalized spacial score (nSPS) is 23.9. The Morgan fingerprint density at radius 2 is 2.20 bits per heavy atom. The largest absolute Gasteiger partial charge is 0.495 e. The van der Waals surface area contributed by atoms with E-state index in [4.69, 9.17) is 14.6 Å². The SMILES string of the molecule is COCC1(C)CCN(c2ccc(OC)c(S(N)=O)c2)C1. The van der Waals surface area contributed by atoms with Gasteiger partial charge in [-0.2, -0.15) is 0 Å². The molecule has 20 heavy (non-hydrogen) atoms. The molecule has 0 aliphatic carbocycles. The quantitative estimate of drug-likeness (QED) is 0.895. The first-order valence-electron chi connectivity index (χ1n) is 6.57. The fourth-order valence-electron chi connectivity index (χ4n) is 2.73. The number of nitrogens with two attached hydrogens (primary N) is 1. The molecule has 2 atom stereocenters. The molecule has 1 aromatic carbocycles. The van der Waals surface area contributed by atoms with Crippen LogP contribution in [0.4, 0.5) is 5.69 Å². The zero-order valence-electron chi connectivity index (χ0n) is 12.2. The van der Waals surface area contributed by atoms with Crippen LogP contribution in [0, 0.1) is 5.41 Å². The van der Waals surface area contributed by atoms with Crippen LogP contribution in [-0.2, 0) is 15.7 Å². The summed E-state index contributed by atoms with van der Waals surface area (Å²) in [5, 5.41) is 5.51. The lowest BCUT2D eigenvalue weighted by atomic mass is 9.91. The summed E-state index contributed by atoms with van der Waals surface area (Å²) in [5.41, 5.74) is 1.19. The van der Waals surface area contributed by atoms with Gasteiger partial charge in [0.05, 0.1) is 18.6 Å². The molecule has 1 aromatic rings. The molecule has 0 radical (unpaired) electrons. The van der Waals surface area contributed by atoms with Crippen molar-refractivity contribution < 1.29 is 13.7 Å². The van der Waals surface area contributed by atoms with E-state index in [0.717, 1.165) is 31.8 Å². The van der Waals surface area contributed by atoms with Crippen LogP contribution in [0.15, 0.2) is 23.1 Å². The average molecular weight is 298 g/mol. The molecule has 1 fully saturated rings. The van der Waals surface area contributed by atoms with E-state index in [9.17, 15) is 4.21 Å². The summed E-state index contributed by atoms with van der Waals surface area (Å²) in [7, 11) is 1.74. The summed E-state index contributed by atoms with van der Waals surface area (Å²) in [6.07, 6.45) is 1.08. The maximum Gasteiger partial charge on any atom is 0.136 e. The van der Waals surface area contributed by atoms with Crippen LogP contribution in [0.1, 0.15) is 13.3 Å². The fourth-order valence-corrected chi connectivity index (χ4v) is 3.32. The third-order valence-electron chi connectivity index (χ3n) is 3.78. The highest BCUT2D eigenvalue weighted by Crippen LogP contribution is 2.35. The van der Waals surface area contributed by atoms with Gasteiger partial charge in [-0.3, -0.25) is 0 Å².